The second-order valence-electron chi connectivity index (χ2n) is 5.96. The van der Waals surface area contributed by atoms with E-state index in [1.165, 1.54) is 0 Å². The van der Waals surface area contributed by atoms with Crippen LogP contribution < -0.4 is 10.5 Å². The first kappa shape index (κ1) is 16.4. The van der Waals surface area contributed by atoms with E-state index in [2.05, 4.69) is 16.7 Å². The summed E-state index contributed by atoms with van der Waals surface area (Å²) >= 11 is 0. The van der Waals surface area contributed by atoms with Crippen LogP contribution in [0.1, 0.15) is 31.4 Å². The van der Waals surface area contributed by atoms with Crippen LogP contribution >= 0.6 is 0 Å². The lowest BCUT2D eigenvalue weighted by atomic mass is 9.98. The van der Waals surface area contributed by atoms with Crippen molar-refractivity contribution in [2.75, 3.05) is 26.7 Å². The molecule has 1 saturated heterocycles. The first-order chi connectivity index (χ1) is 9.88. The summed E-state index contributed by atoms with van der Waals surface area (Å²) in [5, 5.41) is 0. The topological polar surface area (TPSA) is 75.4 Å². The molecule has 0 saturated carbocycles. The lowest BCUT2D eigenvalue weighted by Gasteiger charge is -2.28. The zero-order chi connectivity index (χ0) is 15.5. The number of piperidine rings is 1. The molecule has 1 heterocycles. The second kappa shape index (κ2) is 6.87. The number of hydrogen-bond donors (Lipinski definition) is 2. The van der Waals surface area contributed by atoms with Gasteiger partial charge in [-0.3, -0.25) is 0 Å². The molecule has 0 aliphatic carbocycles. The molecule has 5 nitrogen and oxygen atoms in total. The maximum absolute atomic E-state index is 12.3. The average Bonchev–Trinajstić information content (AvgIpc) is 2.47. The molecule has 1 aromatic carbocycles. The third kappa shape index (κ3) is 4.51. The summed E-state index contributed by atoms with van der Waals surface area (Å²) in [5.41, 5.74) is 6.71. The van der Waals surface area contributed by atoms with Crippen molar-refractivity contribution in [3.8, 4) is 0 Å². The monoisotopic (exact) mass is 311 g/mol. The highest BCUT2D eigenvalue weighted by molar-refractivity contribution is 7.89. The van der Waals surface area contributed by atoms with Crippen molar-refractivity contribution >= 4 is 10.0 Å². The molecule has 0 aromatic heterocycles. The fourth-order valence-electron chi connectivity index (χ4n) is 2.53. The summed E-state index contributed by atoms with van der Waals surface area (Å²) in [6.45, 7) is 4.47. The minimum atomic E-state index is -3.42. The van der Waals surface area contributed by atoms with E-state index in [-0.39, 0.29) is 6.04 Å². The predicted octanol–water partition coefficient (Wildman–Crippen LogP) is 1.33. The maximum atomic E-state index is 12.3. The van der Waals surface area contributed by atoms with E-state index < -0.39 is 10.0 Å². The number of nitrogens with zero attached hydrogens (tertiary/aromatic N) is 1. The van der Waals surface area contributed by atoms with Crippen molar-refractivity contribution in [3.63, 3.8) is 0 Å². The molecule has 1 aliphatic heterocycles. The number of rotatable bonds is 5. The largest absolute Gasteiger partial charge is 0.324 e. The summed E-state index contributed by atoms with van der Waals surface area (Å²) < 4.78 is 27.3. The van der Waals surface area contributed by atoms with Crippen molar-refractivity contribution in [2.24, 2.45) is 11.7 Å². The summed E-state index contributed by atoms with van der Waals surface area (Å²) in [7, 11) is -1.32. The van der Waals surface area contributed by atoms with Crippen LogP contribution in [0.15, 0.2) is 29.2 Å². The molecule has 3 N–H and O–H groups in total. The van der Waals surface area contributed by atoms with Gasteiger partial charge in [0.15, 0.2) is 0 Å². The SMILES string of the molecule is CC(N)c1ccc(S(=O)(=O)NCC2CCN(C)CC2)cc1. The minimum absolute atomic E-state index is 0.0889. The molecule has 1 aliphatic rings. The van der Waals surface area contributed by atoms with E-state index in [9.17, 15) is 8.42 Å². The fraction of sp³-hybridized carbons (Fsp3) is 0.600. The first-order valence-electron chi connectivity index (χ1n) is 7.42. The van der Waals surface area contributed by atoms with Gasteiger partial charge in [0.2, 0.25) is 10.0 Å². The molecule has 0 bridgehead atoms. The molecule has 6 heteroatoms. The Labute approximate surface area is 127 Å². The Morgan fingerprint density at radius 3 is 2.38 bits per heavy atom. The van der Waals surface area contributed by atoms with Crippen LogP contribution in [-0.4, -0.2) is 40.0 Å². The van der Waals surface area contributed by atoms with Gasteiger partial charge in [0.05, 0.1) is 4.90 Å². The number of nitrogens with two attached hydrogens (primary N) is 1. The Balaban J connectivity index is 1.95. The van der Waals surface area contributed by atoms with Gasteiger partial charge >= 0.3 is 0 Å². The standard InChI is InChI=1S/C15H25N3O2S/c1-12(16)14-3-5-15(6-4-14)21(19,20)17-11-13-7-9-18(2)10-8-13/h3-6,12-13,17H,7-11,16H2,1-2H3. The minimum Gasteiger partial charge on any atom is -0.324 e. The molecule has 1 fully saturated rings. The van der Waals surface area contributed by atoms with E-state index in [1.54, 1.807) is 24.3 Å². The van der Waals surface area contributed by atoms with Crippen LogP contribution in [0.2, 0.25) is 0 Å². The quantitative estimate of drug-likeness (QED) is 0.860. The molecular weight excluding hydrogens is 286 g/mol. The number of sulfonamides is 1. The Kier molecular flexibility index (Phi) is 5.37. The third-order valence-corrected chi connectivity index (χ3v) is 5.56. The summed E-state index contributed by atoms with van der Waals surface area (Å²) in [6.07, 6.45) is 2.09. The number of likely N-dealkylation sites (tertiary alicyclic amines) is 1. The number of nitrogens with one attached hydrogen (secondary N) is 1. The van der Waals surface area contributed by atoms with Gasteiger partial charge in [-0.15, -0.1) is 0 Å². The van der Waals surface area contributed by atoms with Crippen molar-refractivity contribution in [1.82, 2.24) is 9.62 Å². The van der Waals surface area contributed by atoms with Gasteiger partial charge in [-0.2, -0.15) is 0 Å². The highest BCUT2D eigenvalue weighted by Crippen LogP contribution is 2.17. The zero-order valence-corrected chi connectivity index (χ0v) is 13.6. The number of benzene rings is 1. The molecule has 0 spiro atoms. The molecule has 1 atom stereocenters. The van der Waals surface area contributed by atoms with Gasteiger partial charge < -0.3 is 10.6 Å². The van der Waals surface area contributed by atoms with Crippen LogP contribution in [-0.2, 0) is 10.0 Å². The Morgan fingerprint density at radius 1 is 1.29 bits per heavy atom. The molecule has 21 heavy (non-hydrogen) atoms. The maximum Gasteiger partial charge on any atom is 0.240 e. The lowest BCUT2D eigenvalue weighted by molar-refractivity contribution is 0.220. The van der Waals surface area contributed by atoms with Gasteiger partial charge in [0.25, 0.3) is 0 Å². The van der Waals surface area contributed by atoms with Crippen molar-refractivity contribution in [1.29, 1.82) is 0 Å². The smallest absolute Gasteiger partial charge is 0.240 e. The predicted molar refractivity (Wildman–Crippen MR) is 84.5 cm³/mol. The van der Waals surface area contributed by atoms with E-state index >= 15 is 0 Å². The van der Waals surface area contributed by atoms with E-state index in [0.29, 0.717) is 17.4 Å². The average molecular weight is 311 g/mol. The van der Waals surface area contributed by atoms with Crippen molar-refractivity contribution in [3.05, 3.63) is 29.8 Å². The molecule has 1 unspecified atom stereocenters. The summed E-state index contributed by atoms with van der Waals surface area (Å²) in [5.74, 6) is 0.430. The molecule has 0 amide bonds. The molecule has 0 radical (unpaired) electrons. The van der Waals surface area contributed by atoms with Crippen molar-refractivity contribution in [2.45, 2.75) is 30.7 Å². The van der Waals surface area contributed by atoms with E-state index in [4.69, 9.17) is 5.73 Å². The van der Waals surface area contributed by atoms with Crippen LogP contribution in [0.5, 0.6) is 0 Å². The van der Waals surface area contributed by atoms with E-state index in [1.807, 2.05) is 6.92 Å². The van der Waals surface area contributed by atoms with Gasteiger partial charge in [-0.25, -0.2) is 13.1 Å². The normalized spacial score (nSPS) is 19.6. The van der Waals surface area contributed by atoms with Crippen LogP contribution in [0.4, 0.5) is 0 Å². The van der Waals surface area contributed by atoms with Crippen LogP contribution in [0.3, 0.4) is 0 Å². The van der Waals surface area contributed by atoms with Gasteiger partial charge in [0.1, 0.15) is 0 Å². The second-order valence-corrected chi connectivity index (χ2v) is 7.72. The Morgan fingerprint density at radius 2 is 1.86 bits per heavy atom. The lowest BCUT2D eigenvalue weighted by Crippen LogP contribution is -2.36. The highest BCUT2D eigenvalue weighted by Gasteiger charge is 2.20. The fourth-order valence-corrected chi connectivity index (χ4v) is 3.64. The van der Waals surface area contributed by atoms with E-state index in [0.717, 1.165) is 31.5 Å². The van der Waals surface area contributed by atoms with Crippen LogP contribution in [0.25, 0.3) is 0 Å². The van der Waals surface area contributed by atoms with Gasteiger partial charge in [-0.1, -0.05) is 12.1 Å². The molecular formula is C15H25N3O2S. The number of hydrogen-bond acceptors (Lipinski definition) is 4. The highest BCUT2D eigenvalue weighted by atomic mass is 32.2. The zero-order valence-electron chi connectivity index (χ0n) is 12.7. The Bertz CT molecular complexity index is 547. The molecule has 118 valence electrons. The van der Waals surface area contributed by atoms with Crippen molar-refractivity contribution < 1.29 is 8.42 Å². The van der Waals surface area contributed by atoms with Gasteiger partial charge in [0, 0.05) is 12.6 Å². The first-order valence-corrected chi connectivity index (χ1v) is 8.90. The summed E-state index contributed by atoms with van der Waals surface area (Å²) in [4.78, 5) is 2.58. The van der Waals surface area contributed by atoms with Gasteiger partial charge in [-0.05, 0) is 63.5 Å². The molecule has 1 aromatic rings. The Hall–Kier alpha value is -0.950. The molecule has 2 rings (SSSR count). The van der Waals surface area contributed by atoms with Crippen LogP contribution in [0, 0.1) is 5.92 Å². The summed E-state index contributed by atoms with van der Waals surface area (Å²) in [6, 6.07) is 6.70. The third-order valence-electron chi connectivity index (χ3n) is 4.12.